The van der Waals surface area contributed by atoms with Crippen molar-refractivity contribution < 1.29 is 14.3 Å². The maximum Gasteiger partial charge on any atom is 0.315 e. The van der Waals surface area contributed by atoms with Crippen molar-refractivity contribution in [1.82, 2.24) is 25.2 Å². The highest BCUT2D eigenvalue weighted by atomic mass is 16.5. The monoisotopic (exact) mass is 367 g/mol. The highest BCUT2D eigenvalue weighted by Crippen LogP contribution is 2.24. The molecule has 27 heavy (non-hydrogen) atoms. The fraction of sp³-hybridized carbons (Fsp3) is 0.211. The Hall–Kier alpha value is -3.55. The first-order chi connectivity index (χ1) is 13.2. The van der Waals surface area contributed by atoms with E-state index in [0.29, 0.717) is 24.6 Å². The topological polar surface area (TPSA) is 90.3 Å². The van der Waals surface area contributed by atoms with Crippen molar-refractivity contribution in [2.24, 2.45) is 0 Å². The molecule has 0 spiro atoms. The summed E-state index contributed by atoms with van der Waals surface area (Å²) >= 11 is 0. The summed E-state index contributed by atoms with van der Waals surface area (Å²) in [6.07, 6.45) is 6.92. The lowest BCUT2D eigenvalue weighted by Gasteiger charge is -2.12. The Morgan fingerprint density at radius 1 is 1.11 bits per heavy atom. The van der Waals surface area contributed by atoms with Crippen molar-refractivity contribution in [3.63, 3.8) is 0 Å². The van der Waals surface area contributed by atoms with Crippen LogP contribution in [0, 0.1) is 0 Å². The van der Waals surface area contributed by atoms with Crippen molar-refractivity contribution in [3.8, 4) is 17.3 Å². The summed E-state index contributed by atoms with van der Waals surface area (Å²) in [4.78, 5) is 20.4. The first kappa shape index (κ1) is 18.2. The largest absolute Gasteiger partial charge is 0.497 e. The molecule has 8 heteroatoms. The lowest BCUT2D eigenvalue weighted by atomic mass is 10.2. The fourth-order valence-corrected chi connectivity index (χ4v) is 2.49. The molecule has 3 rings (SSSR count). The van der Waals surface area contributed by atoms with Gasteiger partial charge in [0.05, 0.1) is 14.2 Å². The molecular weight excluding hydrogens is 346 g/mol. The number of pyridine rings is 1. The molecule has 0 aliphatic heterocycles. The highest BCUT2D eigenvalue weighted by molar-refractivity contribution is 5.73. The molecule has 2 aromatic heterocycles. The highest BCUT2D eigenvalue weighted by Gasteiger charge is 2.07. The first-order valence-electron chi connectivity index (χ1n) is 8.35. The van der Waals surface area contributed by atoms with Gasteiger partial charge in [-0.3, -0.25) is 4.57 Å². The predicted octanol–water partition coefficient (Wildman–Crippen LogP) is 2.28. The second kappa shape index (κ2) is 8.70. The molecule has 0 radical (unpaired) electrons. The molecule has 140 valence electrons. The van der Waals surface area contributed by atoms with Gasteiger partial charge in [-0.1, -0.05) is 6.07 Å². The van der Waals surface area contributed by atoms with Crippen molar-refractivity contribution >= 4 is 6.03 Å². The molecular formula is C19H21N5O3. The number of amides is 2. The van der Waals surface area contributed by atoms with E-state index in [2.05, 4.69) is 20.6 Å². The number of carbonyl (C=O) groups is 1. The standard InChI is InChI=1S/C19H21N5O3/c1-26-16-5-4-15(17(9-16)27-2)12-23-19(25)22-11-14-3-6-18(21-10-14)24-8-7-20-13-24/h3-10,13H,11-12H2,1-2H3,(H2,22,23,25). The normalized spacial score (nSPS) is 10.3. The van der Waals surface area contributed by atoms with Gasteiger partial charge in [0.25, 0.3) is 0 Å². The van der Waals surface area contributed by atoms with Crippen LogP contribution >= 0.6 is 0 Å². The van der Waals surface area contributed by atoms with Gasteiger partial charge >= 0.3 is 6.03 Å². The van der Waals surface area contributed by atoms with Crippen molar-refractivity contribution in [1.29, 1.82) is 0 Å². The minimum absolute atomic E-state index is 0.272. The van der Waals surface area contributed by atoms with E-state index >= 15 is 0 Å². The molecule has 0 unspecified atom stereocenters. The second-order valence-electron chi connectivity index (χ2n) is 5.71. The van der Waals surface area contributed by atoms with E-state index in [1.165, 1.54) is 0 Å². The maximum absolute atomic E-state index is 12.0. The molecule has 1 aromatic carbocycles. The van der Waals surface area contributed by atoms with Gasteiger partial charge in [0.2, 0.25) is 0 Å². The number of hydrogen-bond donors (Lipinski definition) is 2. The summed E-state index contributed by atoms with van der Waals surface area (Å²) < 4.78 is 12.3. The minimum Gasteiger partial charge on any atom is -0.497 e. The molecule has 0 saturated carbocycles. The van der Waals surface area contributed by atoms with Gasteiger partial charge in [-0.05, 0) is 23.8 Å². The van der Waals surface area contributed by atoms with Gasteiger partial charge in [0.15, 0.2) is 0 Å². The Morgan fingerprint density at radius 2 is 1.96 bits per heavy atom. The van der Waals surface area contributed by atoms with Crippen LogP contribution in [0.4, 0.5) is 4.79 Å². The number of hydrogen-bond acceptors (Lipinski definition) is 5. The number of rotatable bonds is 7. The molecule has 0 bridgehead atoms. The summed E-state index contributed by atoms with van der Waals surface area (Å²) in [7, 11) is 3.18. The zero-order chi connectivity index (χ0) is 19.1. The molecule has 0 aliphatic rings. The number of benzene rings is 1. The van der Waals surface area contributed by atoms with Gasteiger partial charge in [-0.15, -0.1) is 0 Å². The van der Waals surface area contributed by atoms with Crippen LogP contribution in [-0.2, 0) is 13.1 Å². The van der Waals surface area contributed by atoms with Crippen LogP contribution in [0.25, 0.3) is 5.82 Å². The molecule has 2 N–H and O–H groups in total. The van der Waals surface area contributed by atoms with Crippen LogP contribution in [-0.4, -0.2) is 34.8 Å². The quantitative estimate of drug-likeness (QED) is 0.669. The Labute approximate surface area is 157 Å². The molecule has 0 saturated heterocycles. The smallest absolute Gasteiger partial charge is 0.315 e. The zero-order valence-electron chi connectivity index (χ0n) is 15.2. The third-order valence-electron chi connectivity index (χ3n) is 3.96. The minimum atomic E-state index is -0.272. The van der Waals surface area contributed by atoms with Crippen LogP contribution in [0.5, 0.6) is 11.5 Å². The molecule has 8 nitrogen and oxygen atoms in total. The van der Waals surface area contributed by atoms with E-state index < -0.39 is 0 Å². The Morgan fingerprint density at radius 3 is 2.63 bits per heavy atom. The summed E-state index contributed by atoms with van der Waals surface area (Å²) in [6.45, 7) is 0.722. The van der Waals surface area contributed by atoms with E-state index in [-0.39, 0.29) is 6.03 Å². The number of methoxy groups -OCH3 is 2. The Kier molecular flexibility index (Phi) is 5.88. The number of aromatic nitrogens is 3. The fourth-order valence-electron chi connectivity index (χ4n) is 2.49. The van der Waals surface area contributed by atoms with Crippen LogP contribution in [0.15, 0.2) is 55.2 Å². The van der Waals surface area contributed by atoms with E-state index in [1.807, 2.05) is 35.0 Å². The number of carbonyl (C=O) groups excluding carboxylic acids is 1. The van der Waals surface area contributed by atoms with Gasteiger partial charge in [0.1, 0.15) is 23.6 Å². The van der Waals surface area contributed by atoms with E-state index in [4.69, 9.17) is 9.47 Å². The third kappa shape index (κ3) is 4.75. The average Bonchev–Trinajstić information content (AvgIpc) is 3.25. The second-order valence-corrected chi connectivity index (χ2v) is 5.71. The van der Waals surface area contributed by atoms with Crippen LogP contribution in [0.1, 0.15) is 11.1 Å². The van der Waals surface area contributed by atoms with Crippen molar-refractivity contribution in [2.75, 3.05) is 14.2 Å². The average molecular weight is 367 g/mol. The number of nitrogens with zero attached hydrogens (tertiary/aromatic N) is 3. The van der Waals surface area contributed by atoms with Crippen molar-refractivity contribution in [3.05, 3.63) is 66.4 Å². The number of nitrogens with one attached hydrogen (secondary N) is 2. The molecule has 0 atom stereocenters. The summed E-state index contributed by atoms with van der Waals surface area (Å²) in [5.74, 6) is 2.13. The molecule has 0 aliphatic carbocycles. The summed E-state index contributed by atoms with van der Waals surface area (Å²) in [5.41, 5.74) is 1.76. The molecule has 2 amide bonds. The third-order valence-corrected chi connectivity index (χ3v) is 3.96. The van der Waals surface area contributed by atoms with Gasteiger partial charge in [0, 0.05) is 43.3 Å². The predicted molar refractivity (Wildman–Crippen MR) is 100.0 cm³/mol. The van der Waals surface area contributed by atoms with Crippen LogP contribution in [0.2, 0.25) is 0 Å². The first-order valence-corrected chi connectivity index (χ1v) is 8.35. The van der Waals surface area contributed by atoms with Crippen molar-refractivity contribution in [2.45, 2.75) is 13.1 Å². The SMILES string of the molecule is COc1ccc(CNC(=O)NCc2ccc(-n3ccnc3)nc2)c(OC)c1. The zero-order valence-corrected chi connectivity index (χ0v) is 15.2. The van der Waals surface area contributed by atoms with Crippen LogP contribution in [0.3, 0.4) is 0 Å². The van der Waals surface area contributed by atoms with E-state index in [0.717, 1.165) is 16.9 Å². The molecule has 0 fully saturated rings. The van der Waals surface area contributed by atoms with E-state index in [1.54, 1.807) is 39.0 Å². The van der Waals surface area contributed by atoms with Gasteiger partial charge < -0.3 is 20.1 Å². The Bertz CT molecular complexity index is 879. The van der Waals surface area contributed by atoms with Gasteiger partial charge in [-0.25, -0.2) is 14.8 Å². The number of imidazole rings is 1. The number of ether oxygens (including phenoxy) is 2. The maximum atomic E-state index is 12.0. The number of urea groups is 1. The van der Waals surface area contributed by atoms with Crippen LogP contribution < -0.4 is 20.1 Å². The van der Waals surface area contributed by atoms with E-state index in [9.17, 15) is 4.79 Å². The molecule has 3 aromatic rings. The lowest BCUT2D eigenvalue weighted by molar-refractivity contribution is 0.240. The summed E-state index contributed by atoms with van der Waals surface area (Å²) in [6, 6.07) is 8.98. The molecule has 2 heterocycles. The summed E-state index contributed by atoms with van der Waals surface area (Å²) in [5, 5.41) is 5.62. The van der Waals surface area contributed by atoms with Gasteiger partial charge in [-0.2, -0.15) is 0 Å². The Balaban J connectivity index is 1.50. The lowest BCUT2D eigenvalue weighted by Crippen LogP contribution is -2.34.